The molecular weight excluding hydrogens is 418 g/mol. The van der Waals surface area contributed by atoms with Gasteiger partial charge >= 0.3 is 12.4 Å². The zero-order chi connectivity index (χ0) is 22.1. The maximum absolute atomic E-state index is 13.0. The second-order valence-corrected chi connectivity index (χ2v) is 6.07. The van der Waals surface area contributed by atoms with Crippen LogP contribution in [0.4, 0.5) is 26.3 Å². The lowest BCUT2D eigenvalue weighted by Gasteiger charge is -2.16. The van der Waals surface area contributed by atoms with E-state index in [9.17, 15) is 31.1 Å². The van der Waals surface area contributed by atoms with Gasteiger partial charge in [0.05, 0.1) is 17.2 Å². The van der Waals surface area contributed by atoms with Crippen LogP contribution in [0, 0.1) is 0 Å². The minimum absolute atomic E-state index is 0.0520. The molecule has 1 amide bonds. The van der Waals surface area contributed by atoms with Crippen LogP contribution in [0.5, 0.6) is 0 Å². The Morgan fingerprint density at radius 1 is 0.967 bits per heavy atom. The first kappa shape index (κ1) is 21.2. The van der Waals surface area contributed by atoms with Gasteiger partial charge in [-0.3, -0.25) is 4.79 Å². The number of carbonyl (C=O) groups is 1. The van der Waals surface area contributed by atoms with Gasteiger partial charge in [0, 0.05) is 18.0 Å². The number of hydrogen-bond donors (Lipinski definition) is 1. The van der Waals surface area contributed by atoms with Gasteiger partial charge in [0.1, 0.15) is 6.33 Å². The molecule has 0 spiro atoms. The van der Waals surface area contributed by atoms with Crippen LogP contribution in [0.3, 0.4) is 0 Å². The van der Waals surface area contributed by atoms with E-state index in [1.807, 2.05) is 0 Å². The second-order valence-electron chi connectivity index (χ2n) is 6.07. The van der Waals surface area contributed by atoms with E-state index in [0.717, 1.165) is 6.33 Å². The molecule has 0 saturated carbocycles. The maximum Gasteiger partial charge on any atom is 0.416 e. The molecule has 2 heterocycles. The zero-order valence-corrected chi connectivity index (χ0v) is 15.0. The van der Waals surface area contributed by atoms with Gasteiger partial charge in [0.15, 0.2) is 5.82 Å². The number of rotatable bonds is 4. The number of nitrogens with one attached hydrogen (secondary N) is 1. The molecule has 3 rings (SSSR count). The van der Waals surface area contributed by atoms with Crippen molar-refractivity contribution in [1.29, 1.82) is 0 Å². The zero-order valence-electron chi connectivity index (χ0n) is 15.0. The normalized spacial score (nSPS) is 13.2. The largest absolute Gasteiger partial charge is 0.416 e. The molecule has 2 aromatic heterocycles. The summed E-state index contributed by atoms with van der Waals surface area (Å²) in [6.07, 6.45) is -6.13. The van der Waals surface area contributed by atoms with E-state index >= 15 is 0 Å². The van der Waals surface area contributed by atoms with Gasteiger partial charge in [-0.2, -0.15) is 36.1 Å². The molecule has 0 aliphatic carbocycles. The molecule has 1 atom stereocenters. The Morgan fingerprint density at radius 3 is 2.07 bits per heavy atom. The summed E-state index contributed by atoms with van der Waals surface area (Å²) in [7, 11) is 0. The number of amides is 1. The molecule has 1 unspecified atom stereocenters. The number of halogens is 6. The van der Waals surface area contributed by atoms with Crippen LogP contribution in [0.1, 0.15) is 40.3 Å². The maximum atomic E-state index is 13.0. The predicted molar refractivity (Wildman–Crippen MR) is 89.3 cm³/mol. The van der Waals surface area contributed by atoms with E-state index in [4.69, 9.17) is 0 Å². The highest BCUT2D eigenvalue weighted by molar-refractivity contribution is 5.94. The highest BCUT2D eigenvalue weighted by atomic mass is 19.4. The minimum atomic E-state index is -5.06. The topological polar surface area (TPSA) is 85.6 Å². The van der Waals surface area contributed by atoms with Crippen LogP contribution in [0.25, 0.3) is 5.95 Å². The van der Waals surface area contributed by atoms with E-state index in [2.05, 4.69) is 25.4 Å². The standard InChI is InChI=1S/C17H12F6N6O/c1-9(13-26-8-27-29(13)15-24-3-2-4-25-15)28-14(30)10-5-11(16(18,19)20)7-12(6-10)17(21,22)23/h2-9H,1H3,(H,28,30). The average molecular weight is 430 g/mol. The molecule has 0 saturated heterocycles. The van der Waals surface area contributed by atoms with Crippen molar-refractivity contribution in [3.8, 4) is 5.95 Å². The van der Waals surface area contributed by atoms with E-state index < -0.39 is 41.0 Å². The Kier molecular flexibility index (Phi) is 5.46. The number of hydrogen-bond acceptors (Lipinski definition) is 5. The minimum Gasteiger partial charge on any atom is -0.342 e. The van der Waals surface area contributed by atoms with Crippen LogP contribution in [-0.4, -0.2) is 30.6 Å². The quantitative estimate of drug-likeness (QED) is 0.640. The lowest BCUT2D eigenvalue weighted by atomic mass is 10.0. The third kappa shape index (κ3) is 4.55. The van der Waals surface area contributed by atoms with Crippen LogP contribution in [0.2, 0.25) is 0 Å². The molecule has 1 aromatic carbocycles. The van der Waals surface area contributed by atoms with Crippen molar-refractivity contribution in [3.63, 3.8) is 0 Å². The summed E-state index contributed by atoms with van der Waals surface area (Å²) in [5, 5.41) is 6.23. The summed E-state index contributed by atoms with van der Waals surface area (Å²) in [4.78, 5) is 24.3. The Bertz CT molecular complexity index is 1010. The van der Waals surface area contributed by atoms with Gasteiger partial charge in [0.2, 0.25) is 0 Å². The van der Waals surface area contributed by atoms with Gasteiger partial charge in [-0.15, -0.1) is 0 Å². The third-order valence-corrected chi connectivity index (χ3v) is 3.90. The Morgan fingerprint density at radius 2 is 1.53 bits per heavy atom. The van der Waals surface area contributed by atoms with Gasteiger partial charge in [-0.1, -0.05) is 0 Å². The smallest absolute Gasteiger partial charge is 0.342 e. The van der Waals surface area contributed by atoms with Crippen LogP contribution < -0.4 is 5.32 Å². The molecule has 30 heavy (non-hydrogen) atoms. The molecule has 1 N–H and O–H groups in total. The van der Waals surface area contributed by atoms with Crippen molar-refractivity contribution < 1.29 is 31.1 Å². The molecular formula is C17H12F6N6O. The molecule has 7 nitrogen and oxygen atoms in total. The molecule has 13 heteroatoms. The Labute approximate surface area is 164 Å². The lowest BCUT2D eigenvalue weighted by Crippen LogP contribution is -2.29. The average Bonchev–Trinajstić information content (AvgIpc) is 3.17. The molecule has 0 fully saturated rings. The first-order chi connectivity index (χ1) is 14.0. The summed E-state index contributed by atoms with van der Waals surface area (Å²) >= 11 is 0. The summed E-state index contributed by atoms with van der Waals surface area (Å²) < 4.78 is 79.1. The number of aromatic nitrogens is 5. The van der Waals surface area contributed by atoms with E-state index in [0.29, 0.717) is 12.1 Å². The van der Waals surface area contributed by atoms with Gasteiger partial charge in [0.25, 0.3) is 11.9 Å². The second kappa shape index (κ2) is 7.72. The van der Waals surface area contributed by atoms with E-state index in [-0.39, 0.29) is 17.8 Å². The summed E-state index contributed by atoms with van der Waals surface area (Å²) in [5.41, 5.74) is -3.97. The van der Waals surface area contributed by atoms with Gasteiger partial charge in [-0.25, -0.2) is 15.0 Å². The van der Waals surface area contributed by atoms with Gasteiger partial charge < -0.3 is 5.32 Å². The molecule has 0 aliphatic rings. The van der Waals surface area contributed by atoms with E-state index in [1.54, 1.807) is 6.07 Å². The Hall–Kier alpha value is -3.51. The summed E-state index contributed by atoms with van der Waals surface area (Å²) in [6, 6.07) is 1.26. The molecule has 158 valence electrons. The van der Waals surface area contributed by atoms with Crippen molar-refractivity contribution in [2.45, 2.75) is 25.3 Å². The molecule has 0 radical (unpaired) electrons. The highest BCUT2D eigenvalue weighted by Crippen LogP contribution is 2.36. The number of alkyl halides is 6. The number of carbonyl (C=O) groups excluding carboxylic acids is 1. The highest BCUT2D eigenvalue weighted by Gasteiger charge is 2.37. The lowest BCUT2D eigenvalue weighted by molar-refractivity contribution is -0.143. The van der Waals surface area contributed by atoms with Crippen molar-refractivity contribution in [3.05, 3.63) is 65.5 Å². The van der Waals surface area contributed by atoms with Crippen LogP contribution in [0.15, 0.2) is 43.0 Å². The summed E-state index contributed by atoms with van der Waals surface area (Å²) in [5.74, 6) is -0.912. The number of nitrogens with zero attached hydrogens (tertiary/aromatic N) is 5. The van der Waals surface area contributed by atoms with Crippen LogP contribution in [-0.2, 0) is 12.4 Å². The monoisotopic (exact) mass is 430 g/mol. The first-order valence-corrected chi connectivity index (χ1v) is 8.24. The summed E-state index contributed by atoms with van der Waals surface area (Å²) in [6.45, 7) is 1.43. The Balaban J connectivity index is 1.91. The van der Waals surface area contributed by atoms with Crippen molar-refractivity contribution >= 4 is 5.91 Å². The fourth-order valence-corrected chi connectivity index (χ4v) is 2.53. The third-order valence-electron chi connectivity index (χ3n) is 3.90. The van der Waals surface area contributed by atoms with Crippen molar-refractivity contribution in [1.82, 2.24) is 30.0 Å². The van der Waals surface area contributed by atoms with Crippen LogP contribution >= 0.6 is 0 Å². The molecule has 3 aromatic rings. The van der Waals surface area contributed by atoms with Gasteiger partial charge in [-0.05, 0) is 31.2 Å². The fourth-order valence-electron chi connectivity index (χ4n) is 2.53. The fraction of sp³-hybridized carbons (Fsp3) is 0.235. The first-order valence-electron chi connectivity index (χ1n) is 8.24. The van der Waals surface area contributed by atoms with E-state index in [1.165, 1.54) is 24.0 Å². The number of benzene rings is 1. The molecule has 0 bridgehead atoms. The van der Waals surface area contributed by atoms with Crippen molar-refractivity contribution in [2.24, 2.45) is 0 Å². The molecule has 0 aliphatic heterocycles. The van der Waals surface area contributed by atoms with Crippen molar-refractivity contribution in [2.75, 3.05) is 0 Å². The predicted octanol–water partition coefficient (Wildman–Crippen LogP) is 3.59. The SMILES string of the molecule is CC(NC(=O)c1cc(C(F)(F)F)cc(C(F)(F)F)c1)c1ncnn1-c1ncccn1.